The monoisotopic (exact) mass is 444 g/mol. The van der Waals surface area contributed by atoms with Crippen molar-refractivity contribution in [2.45, 2.75) is 52.0 Å². The summed E-state index contributed by atoms with van der Waals surface area (Å²) in [6, 6.07) is 3.88. The molecule has 1 aliphatic heterocycles. The number of likely N-dealkylation sites (tertiary alicyclic amines) is 1. The van der Waals surface area contributed by atoms with Crippen molar-refractivity contribution in [2.75, 3.05) is 20.1 Å². The molecule has 0 radical (unpaired) electrons. The Morgan fingerprint density at radius 1 is 1.35 bits per heavy atom. The number of nitrogens with zero attached hydrogens (tertiary/aromatic N) is 8. The molecule has 1 fully saturated rings. The quantitative estimate of drug-likeness (QED) is 0.287. The van der Waals surface area contributed by atoms with Gasteiger partial charge < -0.3 is 9.80 Å². The van der Waals surface area contributed by atoms with E-state index in [0.29, 0.717) is 5.92 Å². The van der Waals surface area contributed by atoms with Crippen molar-refractivity contribution in [2.24, 2.45) is 10.2 Å². The number of hydrogen-bond donors (Lipinski definition) is 0. The number of rotatable bonds is 6. The van der Waals surface area contributed by atoms with E-state index in [1.54, 1.807) is 12.4 Å². The van der Waals surface area contributed by atoms with E-state index >= 15 is 0 Å². The number of guanidine groups is 1. The Balaban J connectivity index is 0.00000166. The zero-order chi connectivity index (χ0) is 22.6. The van der Waals surface area contributed by atoms with Crippen LogP contribution in [0.25, 0.3) is 5.65 Å². The van der Waals surface area contributed by atoms with Crippen molar-refractivity contribution in [1.29, 1.82) is 0 Å². The maximum absolute atomic E-state index is 5.71. The largest absolute Gasteiger partial charge is 0.341 e. The molecule has 3 rings (SSSR count). The first-order chi connectivity index (χ1) is 15.2. The summed E-state index contributed by atoms with van der Waals surface area (Å²) in [7, 11) is 2.01. The van der Waals surface area contributed by atoms with E-state index in [1.807, 2.05) is 56.6 Å². The van der Waals surface area contributed by atoms with Crippen molar-refractivity contribution in [3.63, 3.8) is 0 Å². The predicted molar refractivity (Wildman–Crippen MR) is 129 cm³/mol. The molecule has 1 aliphatic rings. The van der Waals surface area contributed by atoms with Crippen LogP contribution in [0.2, 0.25) is 0 Å². The molecule has 1 unspecified atom stereocenters. The molecule has 0 amide bonds. The van der Waals surface area contributed by atoms with Crippen LogP contribution in [0.1, 0.15) is 51.8 Å². The standard InChI is InChI=1S/C20H27ClN8.C2H6/c1-4-17(8-6-12-21)27(3)20(26-22-5-2)28-14-10-16(11-15-28)19-25-24-18-9-7-13-23-29(18)19;1-2/h4-7,9,12-13,16-17H,1,8,10-11,14-15H2,2-3H3;1-2H3/b12-6+,22-5+,26-20+;. The predicted octanol–water partition coefficient (Wildman–Crippen LogP) is 4.32. The van der Waals surface area contributed by atoms with Gasteiger partial charge in [0.2, 0.25) is 5.96 Å². The third-order valence-electron chi connectivity index (χ3n) is 5.16. The molecule has 31 heavy (non-hydrogen) atoms. The van der Waals surface area contributed by atoms with Crippen molar-refractivity contribution in [3.8, 4) is 0 Å². The molecule has 2 aromatic rings. The molecule has 0 bridgehead atoms. The lowest BCUT2D eigenvalue weighted by Gasteiger charge is -2.38. The van der Waals surface area contributed by atoms with Crippen LogP contribution in [0.4, 0.5) is 0 Å². The second kappa shape index (κ2) is 12.8. The minimum atomic E-state index is 0.0816. The topological polar surface area (TPSA) is 74.3 Å². The van der Waals surface area contributed by atoms with Crippen LogP contribution in [-0.2, 0) is 0 Å². The summed E-state index contributed by atoms with van der Waals surface area (Å²) >= 11 is 5.71. The second-order valence-electron chi connectivity index (χ2n) is 6.90. The molecule has 0 spiro atoms. The fraction of sp³-hybridized carbons (Fsp3) is 0.500. The smallest absolute Gasteiger partial charge is 0.221 e. The van der Waals surface area contributed by atoms with Crippen LogP contribution in [-0.4, -0.2) is 68.0 Å². The van der Waals surface area contributed by atoms with Crippen LogP contribution < -0.4 is 0 Å². The van der Waals surface area contributed by atoms with Crippen LogP contribution >= 0.6 is 11.6 Å². The number of halogens is 1. The number of likely N-dealkylation sites (N-methyl/N-ethyl adjacent to an activating group) is 1. The van der Waals surface area contributed by atoms with Gasteiger partial charge >= 0.3 is 0 Å². The lowest BCUT2D eigenvalue weighted by atomic mass is 9.96. The Morgan fingerprint density at radius 3 is 2.74 bits per heavy atom. The minimum absolute atomic E-state index is 0.0816. The third kappa shape index (κ3) is 6.13. The minimum Gasteiger partial charge on any atom is -0.341 e. The highest BCUT2D eigenvalue weighted by atomic mass is 35.5. The fourth-order valence-corrected chi connectivity index (χ4v) is 3.67. The van der Waals surface area contributed by atoms with Crippen LogP contribution in [0.3, 0.4) is 0 Å². The van der Waals surface area contributed by atoms with Crippen molar-refractivity contribution in [1.82, 2.24) is 29.6 Å². The van der Waals surface area contributed by atoms with Gasteiger partial charge in [0.15, 0.2) is 11.5 Å². The average Bonchev–Trinajstić information content (AvgIpc) is 3.26. The molecule has 2 aromatic heterocycles. The fourth-order valence-electron chi connectivity index (χ4n) is 3.57. The summed E-state index contributed by atoms with van der Waals surface area (Å²) < 4.78 is 1.84. The normalized spacial score (nSPS) is 16.5. The van der Waals surface area contributed by atoms with E-state index in [1.165, 1.54) is 5.54 Å². The van der Waals surface area contributed by atoms with Gasteiger partial charge in [-0.1, -0.05) is 37.6 Å². The number of aromatic nitrogens is 4. The van der Waals surface area contributed by atoms with Gasteiger partial charge in [-0.05, 0) is 38.3 Å². The summed E-state index contributed by atoms with van der Waals surface area (Å²) in [5.41, 5.74) is 2.32. The first-order valence-corrected chi connectivity index (χ1v) is 11.2. The van der Waals surface area contributed by atoms with Crippen LogP contribution in [0, 0.1) is 0 Å². The molecule has 0 aromatic carbocycles. The molecule has 9 heteroatoms. The first kappa shape index (κ1) is 24.5. The molecule has 0 aliphatic carbocycles. The second-order valence-corrected chi connectivity index (χ2v) is 7.15. The van der Waals surface area contributed by atoms with E-state index in [9.17, 15) is 0 Å². The highest BCUT2D eigenvalue weighted by Crippen LogP contribution is 2.27. The number of piperidine rings is 1. The maximum Gasteiger partial charge on any atom is 0.221 e. The molecular formula is C22H33ClN8. The lowest BCUT2D eigenvalue weighted by molar-refractivity contribution is 0.260. The van der Waals surface area contributed by atoms with E-state index in [4.69, 9.17) is 11.6 Å². The summed E-state index contributed by atoms with van der Waals surface area (Å²) in [5, 5.41) is 21.6. The summed E-state index contributed by atoms with van der Waals surface area (Å²) in [6.45, 7) is 11.5. The zero-order valence-electron chi connectivity index (χ0n) is 18.9. The molecule has 1 saturated heterocycles. The first-order valence-electron chi connectivity index (χ1n) is 10.8. The van der Waals surface area contributed by atoms with Gasteiger partial charge in [-0.15, -0.1) is 21.9 Å². The molecule has 1 atom stereocenters. The van der Waals surface area contributed by atoms with Gasteiger partial charge in [-0.25, -0.2) is 0 Å². The van der Waals surface area contributed by atoms with Crippen molar-refractivity contribution in [3.05, 3.63) is 48.4 Å². The maximum atomic E-state index is 5.71. The van der Waals surface area contributed by atoms with Gasteiger partial charge in [-0.3, -0.25) is 0 Å². The van der Waals surface area contributed by atoms with Crippen LogP contribution in [0.15, 0.2) is 52.8 Å². The highest BCUT2D eigenvalue weighted by Gasteiger charge is 2.29. The summed E-state index contributed by atoms with van der Waals surface area (Å²) in [6.07, 6.45) is 9.93. The Bertz CT molecular complexity index is 896. The van der Waals surface area contributed by atoms with E-state index < -0.39 is 0 Å². The van der Waals surface area contributed by atoms with Gasteiger partial charge in [0.05, 0.1) is 6.04 Å². The molecule has 8 nitrogen and oxygen atoms in total. The zero-order valence-corrected chi connectivity index (χ0v) is 19.7. The molecule has 168 valence electrons. The summed E-state index contributed by atoms with van der Waals surface area (Å²) in [5.74, 6) is 2.07. The van der Waals surface area contributed by atoms with Gasteiger partial charge in [-0.2, -0.15) is 14.7 Å². The van der Waals surface area contributed by atoms with Crippen molar-refractivity contribution < 1.29 is 0 Å². The van der Waals surface area contributed by atoms with Crippen LogP contribution in [0.5, 0.6) is 0 Å². The summed E-state index contributed by atoms with van der Waals surface area (Å²) in [4.78, 5) is 4.37. The molecule has 0 N–H and O–H groups in total. The Labute approximate surface area is 190 Å². The Morgan fingerprint density at radius 2 is 2.10 bits per heavy atom. The average molecular weight is 445 g/mol. The third-order valence-corrected chi connectivity index (χ3v) is 5.34. The SMILES string of the molecule is C=CC(C/C=C/Cl)N(C)/C(=N\N=C\C)N1CCC(c2nnc3cccnn23)CC1.CC. The number of fused-ring (bicyclic) bond motifs is 1. The van der Waals surface area contributed by atoms with E-state index in [-0.39, 0.29) is 6.04 Å². The van der Waals surface area contributed by atoms with E-state index in [0.717, 1.165) is 49.8 Å². The highest BCUT2D eigenvalue weighted by molar-refractivity contribution is 6.25. The molecule has 3 heterocycles. The lowest BCUT2D eigenvalue weighted by Crippen LogP contribution is -2.49. The Kier molecular flexibility index (Phi) is 10.2. The van der Waals surface area contributed by atoms with Gasteiger partial charge in [0, 0.05) is 44.0 Å². The van der Waals surface area contributed by atoms with E-state index in [2.05, 4.69) is 41.9 Å². The van der Waals surface area contributed by atoms with Crippen molar-refractivity contribution >= 4 is 29.4 Å². The van der Waals surface area contributed by atoms with Gasteiger partial charge in [0.25, 0.3) is 0 Å². The Hall–Kier alpha value is -2.74. The number of hydrogen-bond acceptors (Lipinski definition) is 5. The molecular weight excluding hydrogens is 412 g/mol. The molecule has 0 saturated carbocycles. The van der Waals surface area contributed by atoms with Gasteiger partial charge in [0.1, 0.15) is 0 Å².